The van der Waals surface area contributed by atoms with Crippen LogP contribution in [0.2, 0.25) is 0 Å². The first-order valence-electron chi connectivity index (χ1n) is 6.92. The zero-order valence-electron chi connectivity index (χ0n) is 12.4. The molecule has 0 atom stereocenters. The molecule has 0 aliphatic carbocycles. The molecule has 0 aromatic carbocycles. The van der Waals surface area contributed by atoms with E-state index in [2.05, 4.69) is 43.7 Å². The molecule has 0 heterocycles. The predicted molar refractivity (Wildman–Crippen MR) is 86.1 cm³/mol. The second-order valence-electron chi connectivity index (χ2n) is 4.74. The van der Waals surface area contributed by atoms with Gasteiger partial charge in [-0.25, -0.2) is 0 Å². The van der Waals surface area contributed by atoms with Crippen molar-refractivity contribution in [3.63, 3.8) is 0 Å². The summed E-state index contributed by atoms with van der Waals surface area (Å²) in [5.74, 6) is 0. The van der Waals surface area contributed by atoms with Crippen LogP contribution in [0.3, 0.4) is 0 Å². The highest BCUT2D eigenvalue weighted by molar-refractivity contribution is 5.73. The molecule has 19 heavy (non-hydrogen) atoms. The lowest BCUT2D eigenvalue weighted by molar-refractivity contribution is 0.647. The second-order valence-corrected chi connectivity index (χ2v) is 4.74. The third-order valence-electron chi connectivity index (χ3n) is 2.53. The first-order valence-corrected chi connectivity index (χ1v) is 6.92. The maximum absolute atomic E-state index is 7.23. The molecule has 2 N–H and O–H groups in total. The zero-order valence-corrected chi connectivity index (χ0v) is 12.4. The summed E-state index contributed by atoms with van der Waals surface area (Å²) in [6, 6.07) is 0.375. The van der Waals surface area contributed by atoms with E-state index in [0.717, 1.165) is 18.5 Å². The zero-order chi connectivity index (χ0) is 14.5. The number of nitrogens with zero attached hydrogens (tertiary/aromatic N) is 1. The van der Waals surface area contributed by atoms with Crippen molar-refractivity contribution >= 4 is 12.4 Å². The molecule has 0 aliphatic heterocycles. The number of unbranched alkanes of at least 4 members (excludes halogenated alkanes) is 1. The van der Waals surface area contributed by atoms with Gasteiger partial charge in [-0.05, 0) is 38.8 Å². The van der Waals surface area contributed by atoms with E-state index in [1.807, 2.05) is 6.08 Å². The van der Waals surface area contributed by atoms with Crippen LogP contribution in [0.1, 0.15) is 46.5 Å². The largest absolute Gasteiger partial charge is 0.386 e. The minimum absolute atomic E-state index is 0.375. The Labute approximate surface area is 117 Å². The molecule has 0 saturated heterocycles. The third-order valence-corrected chi connectivity index (χ3v) is 2.53. The Morgan fingerprint density at radius 3 is 2.63 bits per heavy atom. The van der Waals surface area contributed by atoms with Crippen molar-refractivity contribution < 1.29 is 0 Å². The van der Waals surface area contributed by atoms with Gasteiger partial charge in [0.1, 0.15) is 0 Å². The SMILES string of the molecule is C=C/N=C\C=C(\CCCC)C/C(=C/C=N)NC(C)C. The molecule has 0 saturated carbocycles. The fourth-order valence-electron chi connectivity index (χ4n) is 1.72. The van der Waals surface area contributed by atoms with Gasteiger partial charge in [-0.1, -0.05) is 25.5 Å². The van der Waals surface area contributed by atoms with Gasteiger partial charge in [-0.15, -0.1) is 0 Å². The van der Waals surface area contributed by atoms with Gasteiger partial charge in [-0.3, -0.25) is 4.99 Å². The van der Waals surface area contributed by atoms with Crippen LogP contribution in [-0.2, 0) is 0 Å². The van der Waals surface area contributed by atoms with Crippen molar-refractivity contribution in [2.45, 2.75) is 52.5 Å². The first-order chi connectivity index (χ1) is 9.13. The smallest absolute Gasteiger partial charge is 0.0267 e. The van der Waals surface area contributed by atoms with Gasteiger partial charge in [0.05, 0.1) is 0 Å². The van der Waals surface area contributed by atoms with E-state index in [4.69, 9.17) is 5.41 Å². The monoisotopic (exact) mass is 261 g/mol. The summed E-state index contributed by atoms with van der Waals surface area (Å²) < 4.78 is 0. The second kappa shape index (κ2) is 11.5. The summed E-state index contributed by atoms with van der Waals surface area (Å²) >= 11 is 0. The minimum atomic E-state index is 0.375. The summed E-state index contributed by atoms with van der Waals surface area (Å²) in [5.41, 5.74) is 2.41. The van der Waals surface area contributed by atoms with E-state index < -0.39 is 0 Å². The molecule has 0 radical (unpaired) electrons. The molecule has 0 fully saturated rings. The van der Waals surface area contributed by atoms with Crippen LogP contribution in [0.4, 0.5) is 0 Å². The summed E-state index contributed by atoms with van der Waals surface area (Å²) in [4.78, 5) is 4.01. The van der Waals surface area contributed by atoms with Crippen LogP contribution in [-0.4, -0.2) is 18.5 Å². The van der Waals surface area contributed by atoms with Crippen molar-refractivity contribution in [2.75, 3.05) is 0 Å². The van der Waals surface area contributed by atoms with E-state index >= 15 is 0 Å². The molecule has 3 nitrogen and oxygen atoms in total. The van der Waals surface area contributed by atoms with Crippen molar-refractivity contribution in [3.05, 3.63) is 36.2 Å². The van der Waals surface area contributed by atoms with Crippen molar-refractivity contribution in [2.24, 2.45) is 4.99 Å². The van der Waals surface area contributed by atoms with Crippen LogP contribution in [0.5, 0.6) is 0 Å². The van der Waals surface area contributed by atoms with E-state index in [1.54, 1.807) is 6.21 Å². The fourth-order valence-corrected chi connectivity index (χ4v) is 1.72. The minimum Gasteiger partial charge on any atom is -0.386 e. The van der Waals surface area contributed by atoms with Crippen LogP contribution >= 0.6 is 0 Å². The van der Waals surface area contributed by atoms with E-state index in [1.165, 1.54) is 30.8 Å². The van der Waals surface area contributed by atoms with Crippen LogP contribution in [0, 0.1) is 5.41 Å². The molecule has 106 valence electrons. The average Bonchev–Trinajstić information content (AvgIpc) is 2.35. The van der Waals surface area contributed by atoms with E-state index in [0.29, 0.717) is 6.04 Å². The molecule has 0 bridgehead atoms. The normalized spacial score (nSPS) is 13.1. The molecule has 0 rings (SSSR count). The van der Waals surface area contributed by atoms with Crippen molar-refractivity contribution in [1.29, 1.82) is 5.41 Å². The van der Waals surface area contributed by atoms with Gasteiger partial charge in [0.15, 0.2) is 0 Å². The quantitative estimate of drug-likeness (QED) is 0.568. The van der Waals surface area contributed by atoms with Gasteiger partial charge >= 0.3 is 0 Å². The third kappa shape index (κ3) is 10.0. The van der Waals surface area contributed by atoms with Crippen LogP contribution in [0.25, 0.3) is 0 Å². The predicted octanol–water partition coefficient (Wildman–Crippen LogP) is 4.24. The summed E-state index contributed by atoms with van der Waals surface area (Å²) in [7, 11) is 0. The summed E-state index contributed by atoms with van der Waals surface area (Å²) in [6.45, 7) is 9.97. The summed E-state index contributed by atoms with van der Waals surface area (Å²) in [5, 5.41) is 10.6. The highest BCUT2D eigenvalue weighted by Crippen LogP contribution is 2.15. The Hall–Kier alpha value is -1.64. The Kier molecular flexibility index (Phi) is 10.5. The lowest BCUT2D eigenvalue weighted by Gasteiger charge is -2.15. The maximum atomic E-state index is 7.23. The molecule has 0 aromatic rings. The topological polar surface area (TPSA) is 48.2 Å². The molecule has 0 spiro atoms. The average molecular weight is 261 g/mol. The number of rotatable bonds is 10. The number of hydrogen-bond acceptors (Lipinski definition) is 3. The lowest BCUT2D eigenvalue weighted by Crippen LogP contribution is -2.22. The number of hydrogen-bond donors (Lipinski definition) is 2. The highest BCUT2D eigenvalue weighted by Gasteiger charge is 2.03. The van der Waals surface area contributed by atoms with E-state index in [-0.39, 0.29) is 0 Å². The maximum Gasteiger partial charge on any atom is 0.0267 e. The standard InChI is InChI=1S/C16H27N3/c1-5-7-8-15(10-12-18-6-2)13-16(9-11-17)19-14(3)4/h6,9-12,14,17,19H,2,5,7-8,13H2,1,3-4H3/b15-10-,16-9-,17-11?,18-12-. The Balaban J connectivity index is 4.78. The van der Waals surface area contributed by atoms with Gasteiger partial charge in [0.2, 0.25) is 0 Å². The van der Waals surface area contributed by atoms with E-state index in [9.17, 15) is 0 Å². The first kappa shape index (κ1) is 17.4. The Morgan fingerprint density at radius 2 is 2.11 bits per heavy atom. The molecular weight excluding hydrogens is 234 g/mol. The molecule has 0 unspecified atom stereocenters. The van der Waals surface area contributed by atoms with Crippen LogP contribution in [0.15, 0.2) is 41.2 Å². The molecule has 0 aliphatic rings. The van der Waals surface area contributed by atoms with Crippen molar-refractivity contribution in [1.82, 2.24) is 5.32 Å². The number of aliphatic imine (C=N–C) groups is 1. The van der Waals surface area contributed by atoms with Gasteiger partial charge in [0, 0.05) is 36.8 Å². The van der Waals surface area contributed by atoms with Gasteiger partial charge in [-0.2, -0.15) is 0 Å². The Morgan fingerprint density at radius 1 is 1.37 bits per heavy atom. The van der Waals surface area contributed by atoms with Crippen molar-refractivity contribution in [3.8, 4) is 0 Å². The fraction of sp³-hybridized carbons (Fsp3) is 0.500. The number of allylic oxidation sites excluding steroid dienone is 3. The summed E-state index contributed by atoms with van der Waals surface area (Å²) in [6.07, 6.45) is 12.8. The molecule has 0 aromatic heterocycles. The van der Waals surface area contributed by atoms with Gasteiger partial charge in [0.25, 0.3) is 0 Å². The van der Waals surface area contributed by atoms with Gasteiger partial charge < -0.3 is 10.7 Å². The molecule has 0 amide bonds. The number of nitrogens with one attached hydrogen (secondary N) is 2. The Bertz CT molecular complexity index is 349. The molecule has 3 heteroatoms. The molecular formula is C16H27N3. The van der Waals surface area contributed by atoms with Crippen LogP contribution < -0.4 is 5.32 Å². The highest BCUT2D eigenvalue weighted by atomic mass is 14.9. The lowest BCUT2D eigenvalue weighted by atomic mass is 10.0.